The van der Waals surface area contributed by atoms with Crippen LogP contribution in [0.15, 0.2) is 0 Å². The Morgan fingerprint density at radius 3 is 2.89 bits per heavy atom. The van der Waals surface area contributed by atoms with Gasteiger partial charge in [0.25, 0.3) is 0 Å². The van der Waals surface area contributed by atoms with Crippen molar-refractivity contribution < 1.29 is 4.92 Å². The molecule has 1 atom stereocenters. The third-order valence-electron chi connectivity index (χ3n) is 3.36. The van der Waals surface area contributed by atoms with Gasteiger partial charge in [0.2, 0.25) is 5.82 Å². The van der Waals surface area contributed by atoms with E-state index in [1.54, 1.807) is 11.7 Å². The van der Waals surface area contributed by atoms with Gasteiger partial charge in [-0.3, -0.25) is 10.1 Å². The second-order valence-electron chi connectivity index (χ2n) is 5.23. The zero-order chi connectivity index (χ0) is 14.0. The third-order valence-corrected chi connectivity index (χ3v) is 4.59. The van der Waals surface area contributed by atoms with Crippen molar-refractivity contribution in [3.8, 4) is 0 Å². The lowest BCUT2D eigenvalue weighted by Gasteiger charge is -2.10. The van der Waals surface area contributed by atoms with Gasteiger partial charge in [0.05, 0.1) is 4.92 Å². The molecule has 106 valence electrons. The lowest BCUT2D eigenvalue weighted by Crippen LogP contribution is -2.16. The summed E-state index contributed by atoms with van der Waals surface area (Å²) in [7, 11) is 1.75. The maximum absolute atomic E-state index is 11.3. The molecule has 1 aromatic rings. The van der Waals surface area contributed by atoms with E-state index in [1.807, 2.05) is 25.6 Å². The number of rotatable bonds is 5. The summed E-state index contributed by atoms with van der Waals surface area (Å²) in [6.45, 7) is 4.63. The Bertz CT molecular complexity index is 467. The lowest BCUT2D eigenvalue weighted by molar-refractivity contribution is -0.384. The fourth-order valence-electron chi connectivity index (χ4n) is 2.29. The molecule has 1 saturated heterocycles. The minimum atomic E-state index is -0.325. The molecule has 0 bridgehead atoms. The molecule has 2 rings (SSSR count). The molecule has 7 heteroatoms. The number of hydrogen-bond acceptors (Lipinski definition) is 5. The van der Waals surface area contributed by atoms with Gasteiger partial charge in [0, 0.05) is 19.5 Å². The molecular formula is C12H20N4O2S. The summed E-state index contributed by atoms with van der Waals surface area (Å²) in [5.41, 5.74) is 0.680. The van der Waals surface area contributed by atoms with E-state index in [9.17, 15) is 10.1 Å². The van der Waals surface area contributed by atoms with E-state index in [0.717, 1.165) is 12.3 Å². The van der Waals surface area contributed by atoms with Gasteiger partial charge in [0.1, 0.15) is 5.69 Å². The van der Waals surface area contributed by atoms with Crippen molar-refractivity contribution in [2.45, 2.75) is 26.2 Å². The topological polar surface area (TPSA) is 73.0 Å². The van der Waals surface area contributed by atoms with Gasteiger partial charge in [-0.15, -0.1) is 0 Å². The smallest absolute Gasteiger partial charge is 0.334 e. The molecule has 0 aliphatic carbocycles. The standard InChI is InChI=1S/C12H20N4O2S/c1-8(2)10-11(16(17)18)12(15(3)14-10)13-6-9-4-5-19-7-9/h8-9,13H,4-7H2,1-3H3. The summed E-state index contributed by atoms with van der Waals surface area (Å²) in [6, 6.07) is 0. The number of aromatic nitrogens is 2. The Kier molecular flexibility index (Phi) is 4.34. The minimum absolute atomic E-state index is 0.0455. The van der Waals surface area contributed by atoms with Gasteiger partial charge < -0.3 is 5.32 Å². The van der Waals surface area contributed by atoms with Crippen LogP contribution in [0, 0.1) is 16.0 Å². The molecule has 1 aliphatic rings. The molecule has 1 N–H and O–H groups in total. The van der Waals surface area contributed by atoms with Gasteiger partial charge in [-0.2, -0.15) is 16.9 Å². The van der Waals surface area contributed by atoms with Crippen LogP contribution in [-0.4, -0.2) is 32.8 Å². The normalized spacial score (nSPS) is 19.1. The minimum Gasteiger partial charge on any atom is -0.364 e. The zero-order valence-electron chi connectivity index (χ0n) is 11.5. The monoisotopic (exact) mass is 284 g/mol. The number of nitrogens with zero attached hydrogens (tertiary/aromatic N) is 3. The predicted octanol–water partition coefficient (Wildman–Crippen LogP) is 2.62. The molecule has 19 heavy (non-hydrogen) atoms. The third kappa shape index (κ3) is 3.02. The summed E-state index contributed by atoms with van der Waals surface area (Å²) in [4.78, 5) is 10.9. The van der Waals surface area contributed by atoms with Crippen molar-refractivity contribution in [2.24, 2.45) is 13.0 Å². The maximum Gasteiger partial charge on any atom is 0.334 e. The van der Waals surface area contributed by atoms with Crippen molar-refractivity contribution in [3.05, 3.63) is 15.8 Å². The fourth-order valence-corrected chi connectivity index (χ4v) is 3.57. The van der Waals surface area contributed by atoms with E-state index >= 15 is 0 Å². The SMILES string of the molecule is CC(C)c1nn(C)c(NCC2CCSC2)c1[N+](=O)[O-]. The van der Waals surface area contributed by atoms with E-state index in [4.69, 9.17) is 0 Å². The average molecular weight is 284 g/mol. The number of anilines is 1. The fraction of sp³-hybridized carbons (Fsp3) is 0.750. The van der Waals surface area contributed by atoms with Crippen LogP contribution in [0.3, 0.4) is 0 Å². The van der Waals surface area contributed by atoms with Crippen LogP contribution >= 0.6 is 11.8 Å². The molecule has 2 heterocycles. The van der Waals surface area contributed by atoms with E-state index in [-0.39, 0.29) is 16.5 Å². The number of thioether (sulfide) groups is 1. The number of hydrogen-bond donors (Lipinski definition) is 1. The van der Waals surface area contributed by atoms with Crippen molar-refractivity contribution in [1.29, 1.82) is 0 Å². The first-order chi connectivity index (χ1) is 9.00. The van der Waals surface area contributed by atoms with Gasteiger partial charge in [-0.05, 0) is 23.8 Å². The van der Waals surface area contributed by atoms with Crippen LogP contribution in [0.1, 0.15) is 31.9 Å². The Hall–Kier alpha value is -1.24. The highest BCUT2D eigenvalue weighted by Gasteiger charge is 2.29. The number of nitrogens with one attached hydrogen (secondary N) is 1. The molecule has 0 spiro atoms. The lowest BCUT2D eigenvalue weighted by atomic mass is 10.1. The Balaban J connectivity index is 2.20. The summed E-state index contributed by atoms with van der Waals surface area (Å²) in [5.74, 6) is 3.50. The molecule has 1 fully saturated rings. The first-order valence-electron chi connectivity index (χ1n) is 6.53. The number of nitro groups is 1. The highest BCUT2D eigenvalue weighted by atomic mass is 32.2. The Morgan fingerprint density at radius 2 is 2.37 bits per heavy atom. The van der Waals surface area contributed by atoms with E-state index in [1.165, 1.54) is 12.2 Å². The molecular weight excluding hydrogens is 264 g/mol. The molecule has 1 aliphatic heterocycles. The van der Waals surface area contributed by atoms with Gasteiger partial charge in [-0.1, -0.05) is 13.8 Å². The molecule has 0 radical (unpaired) electrons. The summed E-state index contributed by atoms with van der Waals surface area (Å²) in [6.07, 6.45) is 1.18. The molecule has 1 unspecified atom stereocenters. The van der Waals surface area contributed by atoms with Crippen LogP contribution in [0.5, 0.6) is 0 Å². The molecule has 0 amide bonds. The van der Waals surface area contributed by atoms with Gasteiger partial charge in [0.15, 0.2) is 0 Å². The van der Waals surface area contributed by atoms with E-state index in [2.05, 4.69) is 10.4 Å². The Morgan fingerprint density at radius 1 is 1.63 bits per heavy atom. The van der Waals surface area contributed by atoms with E-state index < -0.39 is 0 Å². The number of aryl methyl sites for hydroxylation is 1. The van der Waals surface area contributed by atoms with Crippen LogP contribution in [0.25, 0.3) is 0 Å². The van der Waals surface area contributed by atoms with Crippen molar-refractivity contribution >= 4 is 23.3 Å². The average Bonchev–Trinajstić information content (AvgIpc) is 2.93. The maximum atomic E-state index is 11.3. The van der Waals surface area contributed by atoms with Crippen molar-refractivity contribution in [2.75, 3.05) is 23.4 Å². The van der Waals surface area contributed by atoms with Crippen LogP contribution in [-0.2, 0) is 7.05 Å². The first-order valence-corrected chi connectivity index (χ1v) is 7.69. The largest absolute Gasteiger partial charge is 0.364 e. The first kappa shape index (κ1) is 14.2. The zero-order valence-corrected chi connectivity index (χ0v) is 12.4. The highest BCUT2D eigenvalue weighted by molar-refractivity contribution is 7.99. The van der Waals surface area contributed by atoms with Crippen LogP contribution < -0.4 is 5.32 Å². The van der Waals surface area contributed by atoms with Crippen LogP contribution in [0.4, 0.5) is 11.5 Å². The van der Waals surface area contributed by atoms with E-state index in [0.29, 0.717) is 17.4 Å². The molecule has 1 aromatic heterocycles. The van der Waals surface area contributed by atoms with Gasteiger partial charge >= 0.3 is 5.69 Å². The summed E-state index contributed by atoms with van der Waals surface area (Å²) < 4.78 is 1.59. The molecule has 0 saturated carbocycles. The van der Waals surface area contributed by atoms with Crippen molar-refractivity contribution in [3.63, 3.8) is 0 Å². The predicted molar refractivity (Wildman–Crippen MR) is 77.9 cm³/mol. The van der Waals surface area contributed by atoms with Crippen LogP contribution in [0.2, 0.25) is 0 Å². The summed E-state index contributed by atoms with van der Waals surface area (Å²) in [5, 5.41) is 18.8. The Labute approximate surface area is 117 Å². The highest BCUT2D eigenvalue weighted by Crippen LogP contribution is 2.33. The second kappa shape index (κ2) is 5.81. The van der Waals surface area contributed by atoms with Crippen molar-refractivity contribution in [1.82, 2.24) is 9.78 Å². The van der Waals surface area contributed by atoms with Gasteiger partial charge in [-0.25, -0.2) is 4.68 Å². The molecule has 6 nitrogen and oxygen atoms in total. The quantitative estimate of drug-likeness (QED) is 0.664. The summed E-state index contributed by atoms with van der Waals surface area (Å²) >= 11 is 1.95. The second-order valence-corrected chi connectivity index (χ2v) is 6.38. The molecule has 0 aromatic carbocycles.